The van der Waals surface area contributed by atoms with Gasteiger partial charge in [0, 0.05) is 18.8 Å². The number of hydrogen-bond acceptors (Lipinski definition) is 2. The molecule has 1 saturated carbocycles. The van der Waals surface area contributed by atoms with Gasteiger partial charge in [-0.2, -0.15) is 5.10 Å². The zero-order chi connectivity index (χ0) is 14.4. The molecule has 1 aliphatic rings. The Morgan fingerprint density at radius 3 is 2.70 bits per heavy atom. The molecular formula is C17H31N3. The number of nitrogens with one attached hydrogen (secondary N) is 1. The summed E-state index contributed by atoms with van der Waals surface area (Å²) >= 11 is 0. The minimum atomic E-state index is 0.557. The van der Waals surface area contributed by atoms with E-state index in [0.717, 1.165) is 25.3 Å². The molecule has 0 radical (unpaired) electrons. The largest absolute Gasteiger partial charge is 0.308 e. The zero-order valence-electron chi connectivity index (χ0n) is 13.4. The molecule has 2 atom stereocenters. The van der Waals surface area contributed by atoms with Gasteiger partial charge in [0.05, 0.1) is 11.7 Å². The Labute approximate surface area is 124 Å². The van der Waals surface area contributed by atoms with Crippen molar-refractivity contribution in [1.82, 2.24) is 15.1 Å². The molecule has 3 heteroatoms. The third kappa shape index (κ3) is 3.85. The monoisotopic (exact) mass is 277 g/mol. The molecule has 1 fully saturated rings. The molecule has 0 bridgehead atoms. The van der Waals surface area contributed by atoms with E-state index in [-0.39, 0.29) is 0 Å². The van der Waals surface area contributed by atoms with Gasteiger partial charge >= 0.3 is 0 Å². The summed E-state index contributed by atoms with van der Waals surface area (Å²) in [5, 5.41) is 8.49. The Morgan fingerprint density at radius 2 is 2.00 bits per heavy atom. The number of rotatable bonds is 7. The standard InChI is InChI=1S/C17H31N3/c1-4-14-9-7-8-10-17(14)18-13-15-11-12-20(19-15)16(5-2)6-3/h11-12,14,16-18H,4-10,13H2,1-3H3. The lowest BCUT2D eigenvalue weighted by Crippen LogP contribution is -2.37. The van der Waals surface area contributed by atoms with Crippen LogP contribution in [-0.2, 0) is 6.54 Å². The molecule has 0 aliphatic heterocycles. The Kier molecular flexibility index (Phi) is 6.08. The second-order valence-electron chi connectivity index (χ2n) is 6.20. The van der Waals surface area contributed by atoms with Gasteiger partial charge in [-0.05, 0) is 37.7 Å². The predicted octanol–water partition coefficient (Wildman–Crippen LogP) is 4.30. The van der Waals surface area contributed by atoms with Crippen LogP contribution in [0.15, 0.2) is 12.3 Å². The van der Waals surface area contributed by atoms with E-state index in [2.05, 4.69) is 43.0 Å². The Morgan fingerprint density at radius 1 is 1.25 bits per heavy atom. The zero-order valence-corrected chi connectivity index (χ0v) is 13.4. The molecule has 0 spiro atoms. The first-order chi connectivity index (χ1) is 9.78. The van der Waals surface area contributed by atoms with Crippen LogP contribution in [0.3, 0.4) is 0 Å². The number of aromatic nitrogens is 2. The third-order valence-electron chi connectivity index (χ3n) is 4.96. The molecule has 0 amide bonds. The maximum atomic E-state index is 4.74. The molecule has 1 heterocycles. The van der Waals surface area contributed by atoms with Crippen molar-refractivity contribution in [1.29, 1.82) is 0 Å². The summed E-state index contributed by atoms with van der Waals surface area (Å²) < 4.78 is 2.15. The van der Waals surface area contributed by atoms with Gasteiger partial charge in [-0.15, -0.1) is 0 Å². The summed E-state index contributed by atoms with van der Waals surface area (Å²) in [6.07, 6.45) is 11.3. The molecular weight excluding hydrogens is 246 g/mol. The maximum absolute atomic E-state index is 4.74. The van der Waals surface area contributed by atoms with Crippen molar-refractivity contribution in [2.45, 2.75) is 84.3 Å². The normalized spacial score (nSPS) is 23.4. The smallest absolute Gasteiger partial charge is 0.0762 e. The Balaban J connectivity index is 1.87. The highest BCUT2D eigenvalue weighted by atomic mass is 15.3. The third-order valence-corrected chi connectivity index (χ3v) is 4.96. The molecule has 20 heavy (non-hydrogen) atoms. The summed E-state index contributed by atoms with van der Waals surface area (Å²) in [6, 6.07) is 3.43. The van der Waals surface area contributed by atoms with Crippen LogP contribution >= 0.6 is 0 Å². The molecule has 114 valence electrons. The SMILES string of the molecule is CCC1CCCCC1NCc1ccn(C(CC)CC)n1. The van der Waals surface area contributed by atoms with Crippen LogP contribution in [0.25, 0.3) is 0 Å². The van der Waals surface area contributed by atoms with E-state index in [1.165, 1.54) is 37.8 Å². The molecule has 0 aromatic carbocycles. The molecule has 2 unspecified atom stereocenters. The first-order valence-corrected chi connectivity index (χ1v) is 8.55. The van der Waals surface area contributed by atoms with E-state index in [4.69, 9.17) is 5.10 Å². The highest BCUT2D eigenvalue weighted by Crippen LogP contribution is 2.27. The topological polar surface area (TPSA) is 29.9 Å². The lowest BCUT2D eigenvalue weighted by molar-refractivity contribution is 0.253. The van der Waals surface area contributed by atoms with Crippen LogP contribution in [0.4, 0.5) is 0 Å². The van der Waals surface area contributed by atoms with E-state index in [0.29, 0.717) is 12.1 Å². The summed E-state index contributed by atoms with van der Waals surface area (Å²) in [7, 11) is 0. The molecule has 2 rings (SSSR count). The first-order valence-electron chi connectivity index (χ1n) is 8.55. The van der Waals surface area contributed by atoms with Crippen LogP contribution in [0.1, 0.15) is 77.5 Å². The highest BCUT2D eigenvalue weighted by Gasteiger charge is 2.23. The average Bonchev–Trinajstić information content (AvgIpc) is 2.95. The second-order valence-corrected chi connectivity index (χ2v) is 6.20. The van der Waals surface area contributed by atoms with Gasteiger partial charge in [-0.3, -0.25) is 4.68 Å². The second kappa shape index (κ2) is 7.82. The molecule has 3 nitrogen and oxygen atoms in total. The van der Waals surface area contributed by atoms with Gasteiger partial charge in [0.1, 0.15) is 0 Å². The van der Waals surface area contributed by atoms with Crippen molar-refractivity contribution >= 4 is 0 Å². The van der Waals surface area contributed by atoms with Crippen molar-refractivity contribution in [3.8, 4) is 0 Å². The van der Waals surface area contributed by atoms with Gasteiger partial charge < -0.3 is 5.32 Å². The first kappa shape index (κ1) is 15.6. The fraction of sp³-hybridized carbons (Fsp3) is 0.824. The quantitative estimate of drug-likeness (QED) is 0.805. The van der Waals surface area contributed by atoms with Gasteiger partial charge in [0.15, 0.2) is 0 Å². The van der Waals surface area contributed by atoms with Gasteiger partial charge in [-0.25, -0.2) is 0 Å². The number of nitrogens with zero attached hydrogens (tertiary/aromatic N) is 2. The van der Waals surface area contributed by atoms with Crippen molar-refractivity contribution in [2.75, 3.05) is 0 Å². The van der Waals surface area contributed by atoms with Crippen molar-refractivity contribution in [3.63, 3.8) is 0 Å². The van der Waals surface area contributed by atoms with Crippen LogP contribution in [0.5, 0.6) is 0 Å². The van der Waals surface area contributed by atoms with Gasteiger partial charge in [0.25, 0.3) is 0 Å². The minimum absolute atomic E-state index is 0.557. The van der Waals surface area contributed by atoms with Crippen LogP contribution in [0.2, 0.25) is 0 Å². The summed E-state index contributed by atoms with van der Waals surface area (Å²) in [6.45, 7) is 7.73. The molecule has 1 aliphatic carbocycles. The molecule has 1 aromatic heterocycles. The fourth-order valence-corrected chi connectivity index (χ4v) is 3.54. The van der Waals surface area contributed by atoms with E-state index < -0.39 is 0 Å². The molecule has 1 aromatic rings. The summed E-state index contributed by atoms with van der Waals surface area (Å²) in [4.78, 5) is 0. The van der Waals surface area contributed by atoms with Crippen LogP contribution < -0.4 is 5.32 Å². The number of hydrogen-bond donors (Lipinski definition) is 1. The summed E-state index contributed by atoms with van der Waals surface area (Å²) in [5.74, 6) is 0.866. The van der Waals surface area contributed by atoms with Crippen LogP contribution in [-0.4, -0.2) is 15.8 Å². The van der Waals surface area contributed by atoms with Gasteiger partial charge in [-0.1, -0.05) is 40.0 Å². The molecule has 1 N–H and O–H groups in total. The van der Waals surface area contributed by atoms with Crippen molar-refractivity contribution in [3.05, 3.63) is 18.0 Å². The van der Waals surface area contributed by atoms with Crippen molar-refractivity contribution < 1.29 is 0 Å². The average molecular weight is 277 g/mol. The Bertz CT molecular complexity index is 381. The van der Waals surface area contributed by atoms with Crippen molar-refractivity contribution in [2.24, 2.45) is 5.92 Å². The Hall–Kier alpha value is -0.830. The van der Waals surface area contributed by atoms with E-state index in [9.17, 15) is 0 Å². The predicted molar refractivity (Wildman–Crippen MR) is 84.7 cm³/mol. The molecule has 0 saturated heterocycles. The van der Waals surface area contributed by atoms with E-state index in [1.807, 2.05) is 0 Å². The van der Waals surface area contributed by atoms with E-state index >= 15 is 0 Å². The fourth-order valence-electron chi connectivity index (χ4n) is 3.54. The van der Waals surface area contributed by atoms with E-state index in [1.54, 1.807) is 0 Å². The lowest BCUT2D eigenvalue weighted by Gasteiger charge is -2.31. The summed E-state index contributed by atoms with van der Waals surface area (Å²) in [5.41, 5.74) is 1.19. The lowest BCUT2D eigenvalue weighted by atomic mass is 9.83. The van der Waals surface area contributed by atoms with Gasteiger partial charge in [0.2, 0.25) is 0 Å². The van der Waals surface area contributed by atoms with Crippen LogP contribution in [0, 0.1) is 5.92 Å². The minimum Gasteiger partial charge on any atom is -0.308 e. The highest BCUT2D eigenvalue weighted by molar-refractivity contribution is 5.00. The maximum Gasteiger partial charge on any atom is 0.0762 e.